The summed E-state index contributed by atoms with van der Waals surface area (Å²) in [5, 5.41) is 2.63. The Bertz CT molecular complexity index is 743. The van der Waals surface area contributed by atoms with Crippen LogP contribution < -0.4 is 0 Å². The van der Waals surface area contributed by atoms with Gasteiger partial charge in [0.15, 0.2) is 0 Å². The van der Waals surface area contributed by atoms with Crippen molar-refractivity contribution in [3.63, 3.8) is 0 Å². The lowest BCUT2D eigenvalue weighted by atomic mass is 10.7. The van der Waals surface area contributed by atoms with Crippen LogP contribution in [0.3, 0.4) is 0 Å². The largest absolute Gasteiger partial charge is 0.295 e. The van der Waals surface area contributed by atoms with E-state index in [1.807, 2.05) is 0 Å². The van der Waals surface area contributed by atoms with E-state index >= 15 is 0 Å². The van der Waals surface area contributed by atoms with Crippen LogP contribution in [0.5, 0.6) is 0 Å². The predicted molar refractivity (Wildman–Crippen MR) is 80.0 cm³/mol. The van der Waals surface area contributed by atoms with Crippen LogP contribution in [0.1, 0.15) is 0 Å². The molecule has 0 radical (unpaired) electrons. The van der Waals surface area contributed by atoms with Crippen molar-refractivity contribution in [1.82, 2.24) is 0 Å². The van der Waals surface area contributed by atoms with E-state index in [1.165, 1.54) is 44.5 Å². The summed E-state index contributed by atoms with van der Waals surface area (Å²) in [6.07, 6.45) is 0. The zero-order valence-electron chi connectivity index (χ0n) is 9.29. The van der Waals surface area contributed by atoms with Crippen molar-refractivity contribution in [2.24, 2.45) is 0 Å². The molecule has 0 aliphatic carbocycles. The Kier molecular flexibility index (Phi) is 4.86. The molecule has 110 valence electrons. The van der Waals surface area contributed by atoms with Crippen molar-refractivity contribution >= 4 is 64.5 Å². The number of hydrogen-bond donors (Lipinski definition) is 2. The zero-order chi connectivity index (χ0) is 15.0. The van der Waals surface area contributed by atoms with Gasteiger partial charge in [0.2, 0.25) is 0 Å². The van der Waals surface area contributed by atoms with E-state index in [0.29, 0.717) is 8.42 Å². The molecule has 0 atom stereocenters. The molecule has 0 aliphatic heterocycles. The average Bonchev–Trinajstić information content (AvgIpc) is 2.94. The maximum absolute atomic E-state index is 10.9. The molecule has 2 aromatic heterocycles. The minimum absolute atomic E-state index is 0.171. The summed E-state index contributed by atoms with van der Waals surface area (Å²) in [7, 11) is -5.95. The second-order valence-corrected chi connectivity index (χ2v) is 10.7. The molecule has 2 rings (SSSR count). The van der Waals surface area contributed by atoms with Crippen LogP contribution in [0.2, 0.25) is 0 Å². The van der Waals surface area contributed by atoms with Crippen molar-refractivity contribution in [3.8, 4) is 0 Å². The van der Waals surface area contributed by atoms with Gasteiger partial charge in [0.05, 0.1) is 8.42 Å². The quantitative estimate of drug-likeness (QED) is 0.592. The molecular weight excluding hydrogens is 384 g/mol. The molecular formula is C8H6O6S6. The van der Waals surface area contributed by atoms with Crippen molar-refractivity contribution in [2.45, 2.75) is 18.2 Å². The van der Waals surface area contributed by atoms with Crippen molar-refractivity contribution in [1.29, 1.82) is 0 Å². The fourth-order valence-corrected chi connectivity index (χ4v) is 7.34. The van der Waals surface area contributed by atoms with E-state index in [1.54, 1.807) is 0 Å². The van der Waals surface area contributed by atoms with Gasteiger partial charge in [0.1, 0.15) is 9.79 Å². The van der Waals surface area contributed by atoms with E-state index in [2.05, 4.69) is 0 Å². The highest BCUT2D eigenvalue weighted by Gasteiger charge is 2.15. The Morgan fingerprint density at radius 3 is 1.40 bits per heavy atom. The lowest BCUT2D eigenvalue weighted by Gasteiger charge is -1.93. The molecule has 0 bridgehead atoms. The van der Waals surface area contributed by atoms with Gasteiger partial charge >= 0.3 is 0 Å². The van der Waals surface area contributed by atoms with Gasteiger partial charge in [-0.3, -0.25) is 9.11 Å². The number of rotatable bonds is 5. The first-order valence-electron chi connectivity index (χ1n) is 4.63. The third-order valence-corrected chi connectivity index (χ3v) is 8.99. The molecule has 6 nitrogen and oxygen atoms in total. The minimum Gasteiger partial charge on any atom is -0.282 e. The first-order chi connectivity index (χ1) is 9.16. The maximum atomic E-state index is 10.9. The average molecular weight is 391 g/mol. The molecule has 0 saturated carbocycles. The van der Waals surface area contributed by atoms with E-state index in [4.69, 9.17) is 9.11 Å². The first-order valence-corrected chi connectivity index (χ1v) is 11.4. The van der Waals surface area contributed by atoms with Crippen LogP contribution in [0.15, 0.2) is 41.1 Å². The fraction of sp³-hybridized carbons (Fsp3) is 0. The molecule has 0 aromatic carbocycles. The van der Waals surface area contributed by atoms with E-state index in [9.17, 15) is 16.8 Å². The lowest BCUT2D eigenvalue weighted by molar-refractivity contribution is 0.481. The van der Waals surface area contributed by atoms with Crippen LogP contribution in [-0.4, -0.2) is 25.9 Å². The summed E-state index contributed by atoms with van der Waals surface area (Å²) in [5.74, 6) is 0. The van der Waals surface area contributed by atoms with Crippen LogP contribution in [0.4, 0.5) is 0 Å². The van der Waals surface area contributed by atoms with Gasteiger partial charge in [-0.05, 0) is 33.7 Å². The number of thiophene rings is 2. The topological polar surface area (TPSA) is 109 Å². The molecule has 2 heterocycles. The zero-order valence-corrected chi connectivity index (χ0v) is 14.2. The molecule has 0 saturated heterocycles. The van der Waals surface area contributed by atoms with Gasteiger partial charge in [0.25, 0.3) is 20.2 Å². The second kappa shape index (κ2) is 5.96. The summed E-state index contributed by atoms with van der Waals surface area (Å²) in [6.45, 7) is 0. The van der Waals surface area contributed by atoms with Crippen molar-refractivity contribution in [3.05, 3.63) is 22.9 Å². The number of hydrogen-bond acceptors (Lipinski definition) is 8. The summed E-state index contributed by atoms with van der Waals surface area (Å²) >= 11 is 2.30. The third-order valence-electron chi connectivity index (χ3n) is 1.90. The highest BCUT2D eigenvalue weighted by atomic mass is 33.1. The smallest absolute Gasteiger partial charge is 0.282 e. The third kappa shape index (κ3) is 4.21. The monoisotopic (exact) mass is 390 g/mol. The van der Waals surface area contributed by atoms with E-state index < -0.39 is 20.2 Å². The summed E-state index contributed by atoms with van der Waals surface area (Å²) in [5.41, 5.74) is 0. The van der Waals surface area contributed by atoms with Crippen LogP contribution >= 0.6 is 44.3 Å². The van der Waals surface area contributed by atoms with E-state index in [0.717, 1.165) is 22.7 Å². The summed E-state index contributed by atoms with van der Waals surface area (Å²) < 4.78 is 62.5. The highest BCUT2D eigenvalue weighted by Crippen LogP contribution is 2.43. The molecule has 12 heteroatoms. The Morgan fingerprint density at radius 1 is 0.800 bits per heavy atom. The SMILES string of the molecule is O=S(=O)(O)c1csc(SSc2cc(S(=O)(=O)O)cs2)c1. The fourth-order valence-electron chi connectivity index (χ4n) is 1.04. The van der Waals surface area contributed by atoms with Gasteiger partial charge in [0, 0.05) is 10.8 Å². The van der Waals surface area contributed by atoms with Gasteiger partial charge in [-0.2, -0.15) is 16.8 Å². The van der Waals surface area contributed by atoms with Crippen LogP contribution in [0, 0.1) is 0 Å². The predicted octanol–water partition coefficient (Wildman–Crippen LogP) is 3.10. The summed E-state index contributed by atoms with van der Waals surface area (Å²) in [6, 6.07) is 2.66. The molecule has 2 N–H and O–H groups in total. The Balaban J connectivity index is 2.06. The Labute approximate surface area is 131 Å². The van der Waals surface area contributed by atoms with E-state index in [-0.39, 0.29) is 9.79 Å². The van der Waals surface area contributed by atoms with Crippen LogP contribution in [0.25, 0.3) is 0 Å². The van der Waals surface area contributed by atoms with Gasteiger partial charge in [-0.25, -0.2) is 0 Å². The molecule has 20 heavy (non-hydrogen) atoms. The van der Waals surface area contributed by atoms with Gasteiger partial charge < -0.3 is 0 Å². The highest BCUT2D eigenvalue weighted by molar-refractivity contribution is 8.77. The van der Waals surface area contributed by atoms with Crippen molar-refractivity contribution in [2.75, 3.05) is 0 Å². The van der Waals surface area contributed by atoms with Gasteiger partial charge in [-0.15, -0.1) is 22.7 Å². The molecule has 0 amide bonds. The standard InChI is InChI=1S/C8H6O6S6/c9-19(10,11)5-1-7(15-3-5)17-18-8-2-6(4-16-8)20(12,13)14/h1-4H,(H,9,10,11)(H,12,13,14). The maximum Gasteiger partial charge on any atom is 0.295 e. The Morgan fingerprint density at radius 2 is 1.15 bits per heavy atom. The minimum atomic E-state index is -4.20. The van der Waals surface area contributed by atoms with Crippen LogP contribution in [-0.2, 0) is 20.2 Å². The lowest BCUT2D eigenvalue weighted by Crippen LogP contribution is -1.94. The van der Waals surface area contributed by atoms with Gasteiger partial charge in [-0.1, -0.05) is 0 Å². The molecule has 0 aliphatic rings. The second-order valence-electron chi connectivity index (χ2n) is 3.32. The first kappa shape index (κ1) is 16.3. The molecule has 0 spiro atoms. The van der Waals surface area contributed by atoms with Crippen molar-refractivity contribution < 1.29 is 25.9 Å². The molecule has 0 unspecified atom stereocenters. The molecule has 2 aromatic rings. The molecule has 0 fully saturated rings. The normalized spacial score (nSPS) is 12.7. The summed E-state index contributed by atoms with van der Waals surface area (Å²) in [4.78, 5) is -0.342. The Hall–Kier alpha value is -0.0800.